The number of amides is 1. The quantitative estimate of drug-likeness (QED) is 0.338. The molecule has 0 radical (unpaired) electrons. The number of nitrogens with two attached hydrogens (primary N) is 1. The van der Waals surface area contributed by atoms with Gasteiger partial charge >= 0.3 is 0 Å². The van der Waals surface area contributed by atoms with Crippen molar-refractivity contribution < 1.29 is 23.2 Å². The summed E-state index contributed by atoms with van der Waals surface area (Å²) < 4.78 is 39.7. The summed E-state index contributed by atoms with van der Waals surface area (Å²) in [5.74, 6) is -5.11. The molecule has 108 valence electrons. The van der Waals surface area contributed by atoms with Gasteiger partial charge in [-0.15, -0.1) is 0 Å². The molecule has 1 fully saturated rings. The van der Waals surface area contributed by atoms with Gasteiger partial charge in [-0.05, 0) is 18.8 Å². The summed E-state index contributed by atoms with van der Waals surface area (Å²) in [6.45, 7) is 0. The Balaban J connectivity index is 2.23. The zero-order valence-corrected chi connectivity index (χ0v) is 10.2. The number of amidine groups is 1. The van der Waals surface area contributed by atoms with Crippen LogP contribution in [0.15, 0.2) is 17.3 Å². The maximum atomic E-state index is 13.5. The van der Waals surface area contributed by atoms with Crippen molar-refractivity contribution in [1.82, 2.24) is 5.32 Å². The highest BCUT2D eigenvalue weighted by Crippen LogP contribution is 2.33. The maximum Gasteiger partial charge on any atom is 0.257 e. The Morgan fingerprint density at radius 1 is 1.35 bits per heavy atom. The normalized spacial score (nSPS) is 16.9. The van der Waals surface area contributed by atoms with Gasteiger partial charge in [-0.25, -0.2) is 13.2 Å². The molecule has 8 heteroatoms. The molecule has 1 saturated carbocycles. The lowest BCUT2D eigenvalue weighted by Gasteiger charge is -2.17. The third-order valence-electron chi connectivity index (χ3n) is 3.05. The molecule has 1 amide bonds. The van der Waals surface area contributed by atoms with Crippen molar-refractivity contribution in [1.29, 1.82) is 0 Å². The van der Waals surface area contributed by atoms with E-state index in [1.807, 2.05) is 0 Å². The summed E-state index contributed by atoms with van der Waals surface area (Å²) in [5, 5.41) is 13.7. The SMILES string of the molecule is NC(=NO)C(NC(=O)c1c(F)cc(F)cc1F)C1CC1. The summed E-state index contributed by atoms with van der Waals surface area (Å²) in [4.78, 5) is 11.9. The second kappa shape index (κ2) is 5.40. The minimum absolute atomic E-state index is 0.0404. The first kappa shape index (κ1) is 14.2. The van der Waals surface area contributed by atoms with Crippen LogP contribution in [-0.4, -0.2) is 23.0 Å². The number of hydrogen-bond donors (Lipinski definition) is 3. The van der Waals surface area contributed by atoms with Crippen LogP contribution < -0.4 is 11.1 Å². The van der Waals surface area contributed by atoms with E-state index < -0.39 is 35.0 Å². The van der Waals surface area contributed by atoms with E-state index in [1.165, 1.54) is 0 Å². The molecule has 1 aromatic rings. The average Bonchev–Trinajstić information content (AvgIpc) is 3.17. The fourth-order valence-electron chi connectivity index (χ4n) is 1.90. The molecule has 2 rings (SSSR count). The number of carbonyl (C=O) groups is 1. The van der Waals surface area contributed by atoms with Crippen molar-refractivity contribution in [2.45, 2.75) is 18.9 Å². The zero-order chi connectivity index (χ0) is 14.9. The van der Waals surface area contributed by atoms with Gasteiger partial charge in [-0.3, -0.25) is 4.79 Å². The van der Waals surface area contributed by atoms with Crippen LogP contribution in [0.1, 0.15) is 23.2 Å². The van der Waals surface area contributed by atoms with Crippen molar-refractivity contribution in [3.63, 3.8) is 0 Å². The van der Waals surface area contributed by atoms with Crippen LogP contribution in [0.25, 0.3) is 0 Å². The number of halogens is 3. The van der Waals surface area contributed by atoms with Crippen molar-refractivity contribution in [2.75, 3.05) is 0 Å². The molecule has 1 unspecified atom stereocenters. The number of hydrogen-bond acceptors (Lipinski definition) is 3. The molecular weight excluding hydrogens is 275 g/mol. The van der Waals surface area contributed by atoms with E-state index in [4.69, 9.17) is 10.9 Å². The van der Waals surface area contributed by atoms with Crippen molar-refractivity contribution in [3.05, 3.63) is 35.1 Å². The number of oxime groups is 1. The molecule has 1 atom stereocenters. The number of nitrogens with one attached hydrogen (secondary N) is 1. The topological polar surface area (TPSA) is 87.7 Å². The Morgan fingerprint density at radius 2 is 1.90 bits per heavy atom. The lowest BCUT2D eigenvalue weighted by atomic mass is 10.1. The molecule has 0 heterocycles. The molecule has 0 saturated heterocycles. The van der Waals surface area contributed by atoms with E-state index >= 15 is 0 Å². The van der Waals surface area contributed by atoms with Gasteiger partial charge in [0.2, 0.25) is 0 Å². The fraction of sp³-hybridized carbons (Fsp3) is 0.333. The van der Waals surface area contributed by atoms with Crippen LogP contribution in [0.3, 0.4) is 0 Å². The van der Waals surface area contributed by atoms with Crippen LogP contribution in [0.5, 0.6) is 0 Å². The van der Waals surface area contributed by atoms with Crippen molar-refractivity contribution in [3.8, 4) is 0 Å². The molecule has 0 bridgehead atoms. The number of nitrogens with zero attached hydrogens (tertiary/aromatic N) is 1. The highest BCUT2D eigenvalue weighted by atomic mass is 19.1. The summed E-state index contributed by atoms with van der Waals surface area (Å²) in [5.41, 5.74) is 4.52. The van der Waals surface area contributed by atoms with Gasteiger partial charge < -0.3 is 16.3 Å². The molecule has 5 nitrogen and oxygen atoms in total. The predicted octanol–water partition coefficient (Wildman–Crippen LogP) is 1.36. The lowest BCUT2D eigenvalue weighted by Crippen LogP contribution is -2.46. The second-order valence-corrected chi connectivity index (χ2v) is 4.56. The first-order valence-corrected chi connectivity index (χ1v) is 5.87. The van der Waals surface area contributed by atoms with E-state index in [0.29, 0.717) is 12.1 Å². The number of carbonyl (C=O) groups excluding carboxylic acids is 1. The van der Waals surface area contributed by atoms with Gasteiger partial charge in [-0.1, -0.05) is 5.16 Å². The van der Waals surface area contributed by atoms with E-state index in [2.05, 4.69) is 10.5 Å². The molecule has 20 heavy (non-hydrogen) atoms. The van der Waals surface area contributed by atoms with Gasteiger partial charge in [0.25, 0.3) is 5.91 Å². The van der Waals surface area contributed by atoms with Crippen molar-refractivity contribution in [2.24, 2.45) is 16.8 Å². The van der Waals surface area contributed by atoms with Gasteiger partial charge in [0.15, 0.2) is 5.84 Å². The van der Waals surface area contributed by atoms with E-state index in [1.54, 1.807) is 0 Å². The molecule has 1 aliphatic rings. The maximum absolute atomic E-state index is 13.5. The highest BCUT2D eigenvalue weighted by molar-refractivity contribution is 5.98. The van der Waals surface area contributed by atoms with Gasteiger partial charge in [-0.2, -0.15) is 0 Å². The monoisotopic (exact) mass is 287 g/mol. The Labute approximate surface area is 112 Å². The zero-order valence-electron chi connectivity index (χ0n) is 10.2. The molecular formula is C12H12F3N3O2. The second-order valence-electron chi connectivity index (χ2n) is 4.56. The molecule has 4 N–H and O–H groups in total. The van der Waals surface area contributed by atoms with Crippen LogP contribution >= 0.6 is 0 Å². The smallest absolute Gasteiger partial charge is 0.257 e. The van der Waals surface area contributed by atoms with Crippen LogP contribution in [0, 0.1) is 23.4 Å². The minimum atomic E-state index is -1.31. The fourth-order valence-corrected chi connectivity index (χ4v) is 1.90. The van der Waals surface area contributed by atoms with Crippen LogP contribution in [0.4, 0.5) is 13.2 Å². The first-order valence-electron chi connectivity index (χ1n) is 5.87. The highest BCUT2D eigenvalue weighted by Gasteiger charge is 2.36. The molecule has 1 aliphatic carbocycles. The third kappa shape index (κ3) is 2.84. The minimum Gasteiger partial charge on any atom is -0.409 e. The Morgan fingerprint density at radius 3 is 2.35 bits per heavy atom. The van der Waals surface area contributed by atoms with Gasteiger partial charge in [0.1, 0.15) is 23.0 Å². The molecule has 0 aliphatic heterocycles. The Bertz CT molecular complexity index is 550. The van der Waals surface area contributed by atoms with Crippen molar-refractivity contribution >= 4 is 11.7 Å². The van der Waals surface area contributed by atoms with Gasteiger partial charge in [0, 0.05) is 12.1 Å². The van der Waals surface area contributed by atoms with E-state index in [9.17, 15) is 18.0 Å². The standard InChI is InChI=1S/C12H12F3N3O2/c13-6-3-7(14)9(8(15)4-6)12(19)17-10(5-1-2-5)11(16)18-20/h3-5,10,20H,1-2H2,(H2,16,18)(H,17,19). The average molecular weight is 287 g/mol. The Hall–Kier alpha value is -2.25. The summed E-state index contributed by atoms with van der Waals surface area (Å²) in [7, 11) is 0. The van der Waals surface area contributed by atoms with Crippen LogP contribution in [-0.2, 0) is 0 Å². The van der Waals surface area contributed by atoms with Gasteiger partial charge in [0.05, 0.1) is 6.04 Å². The summed E-state index contributed by atoms with van der Waals surface area (Å²) in [6.07, 6.45) is 1.49. The number of rotatable bonds is 4. The summed E-state index contributed by atoms with van der Waals surface area (Å²) >= 11 is 0. The summed E-state index contributed by atoms with van der Waals surface area (Å²) in [6, 6.07) is 0.0117. The molecule has 1 aromatic carbocycles. The molecule has 0 spiro atoms. The van der Waals surface area contributed by atoms with Crippen LogP contribution in [0.2, 0.25) is 0 Å². The Kier molecular flexibility index (Phi) is 3.82. The largest absolute Gasteiger partial charge is 0.409 e. The lowest BCUT2D eigenvalue weighted by molar-refractivity contribution is 0.0934. The molecule has 0 aromatic heterocycles. The van der Waals surface area contributed by atoms with E-state index in [0.717, 1.165) is 12.8 Å². The number of benzene rings is 1. The first-order chi connectivity index (χ1) is 9.43. The third-order valence-corrected chi connectivity index (χ3v) is 3.05. The van der Waals surface area contributed by atoms with E-state index in [-0.39, 0.29) is 11.8 Å². The predicted molar refractivity (Wildman–Crippen MR) is 63.7 cm³/mol.